The van der Waals surface area contributed by atoms with Gasteiger partial charge in [-0.25, -0.2) is 14.0 Å². The number of benzene rings is 1. The van der Waals surface area contributed by atoms with Gasteiger partial charge in [-0.15, -0.1) is 0 Å². The summed E-state index contributed by atoms with van der Waals surface area (Å²) in [4.78, 5) is 22.7. The summed E-state index contributed by atoms with van der Waals surface area (Å²) in [6, 6.07) is 1.58. The molecule has 1 amide bonds. The van der Waals surface area contributed by atoms with Gasteiger partial charge in [0.1, 0.15) is 5.60 Å². The van der Waals surface area contributed by atoms with Crippen LogP contribution in [0.25, 0.3) is 0 Å². The third-order valence-electron chi connectivity index (χ3n) is 2.21. The number of ether oxygens (including phenoxy) is 1. The molecule has 7 heteroatoms. The first kappa shape index (κ1) is 15.7. The number of carbonyl (C=O) groups is 2. The third kappa shape index (κ3) is 4.42. The van der Waals surface area contributed by atoms with Crippen molar-refractivity contribution in [1.82, 2.24) is 5.32 Å². The molecule has 0 fully saturated rings. The SMILES string of the molecule is CC(C)(C)OC(=O)NC(C(=O)O)c1ccc(O)c(F)c1. The normalized spacial score (nSPS) is 12.6. The Kier molecular flexibility index (Phi) is 4.54. The van der Waals surface area contributed by atoms with Gasteiger partial charge in [0, 0.05) is 0 Å². The van der Waals surface area contributed by atoms with E-state index in [2.05, 4.69) is 5.32 Å². The van der Waals surface area contributed by atoms with Crippen molar-refractivity contribution in [3.63, 3.8) is 0 Å². The number of aliphatic carboxylic acids is 1. The summed E-state index contributed by atoms with van der Waals surface area (Å²) >= 11 is 0. The van der Waals surface area contributed by atoms with Crippen LogP contribution in [-0.2, 0) is 9.53 Å². The number of rotatable bonds is 3. The van der Waals surface area contributed by atoms with Crippen LogP contribution >= 0.6 is 0 Å². The van der Waals surface area contributed by atoms with E-state index in [9.17, 15) is 14.0 Å². The van der Waals surface area contributed by atoms with Crippen LogP contribution in [-0.4, -0.2) is 27.9 Å². The molecule has 0 spiro atoms. The maximum absolute atomic E-state index is 13.2. The van der Waals surface area contributed by atoms with Crippen molar-refractivity contribution in [3.8, 4) is 5.75 Å². The van der Waals surface area contributed by atoms with E-state index in [0.29, 0.717) is 0 Å². The van der Waals surface area contributed by atoms with Crippen LogP contribution in [0, 0.1) is 5.82 Å². The van der Waals surface area contributed by atoms with E-state index in [1.165, 1.54) is 6.07 Å². The molecule has 0 saturated carbocycles. The van der Waals surface area contributed by atoms with Crippen molar-refractivity contribution in [1.29, 1.82) is 0 Å². The summed E-state index contributed by atoms with van der Waals surface area (Å²) in [5.41, 5.74) is -0.800. The number of hydrogen-bond donors (Lipinski definition) is 3. The number of carboxylic acid groups (broad SMARTS) is 1. The van der Waals surface area contributed by atoms with Crippen LogP contribution in [0.3, 0.4) is 0 Å². The largest absolute Gasteiger partial charge is 0.505 e. The molecule has 0 radical (unpaired) electrons. The zero-order valence-electron chi connectivity index (χ0n) is 11.3. The lowest BCUT2D eigenvalue weighted by atomic mass is 10.1. The van der Waals surface area contributed by atoms with Gasteiger partial charge in [0.2, 0.25) is 0 Å². The molecule has 1 atom stereocenters. The fraction of sp³-hybridized carbons (Fsp3) is 0.385. The Morgan fingerprint density at radius 1 is 1.35 bits per heavy atom. The van der Waals surface area contributed by atoms with Gasteiger partial charge >= 0.3 is 12.1 Å². The van der Waals surface area contributed by atoms with Crippen molar-refractivity contribution in [2.45, 2.75) is 32.4 Å². The number of phenolic OH excluding ortho intramolecular Hbond substituents is 1. The second kappa shape index (κ2) is 5.77. The molecule has 0 aliphatic heterocycles. The van der Waals surface area contributed by atoms with Gasteiger partial charge in [-0.1, -0.05) is 6.07 Å². The van der Waals surface area contributed by atoms with Gasteiger partial charge in [-0.2, -0.15) is 0 Å². The number of halogens is 1. The predicted molar refractivity (Wildman–Crippen MR) is 67.8 cm³/mol. The van der Waals surface area contributed by atoms with Crippen LogP contribution in [0.2, 0.25) is 0 Å². The average Bonchev–Trinajstić information content (AvgIpc) is 2.27. The Bertz CT molecular complexity index is 524. The van der Waals surface area contributed by atoms with Crippen molar-refractivity contribution < 1.29 is 28.9 Å². The summed E-state index contributed by atoms with van der Waals surface area (Å²) in [6.07, 6.45) is -0.932. The summed E-state index contributed by atoms with van der Waals surface area (Å²) in [5, 5.41) is 20.3. The molecule has 1 unspecified atom stereocenters. The second-order valence-electron chi connectivity index (χ2n) is 5.13. The third-order valence-corrected chi connectivity index (χ3v) is 2.21. The van der Waals surface area contributed by atoms with Gasteiger partial charge in [-0.05, 0) is 38.5 Å². The second-order valence-corrected chi connectivity index (χ2v) is 5.13. The predicted octanol–water partition coefficient (Wildman–Crippen LogP) is 2.18. The van der Waals surface area contributed by atoms with Gasteiger partial charge in [-0.3, -0.25) is 0 Å². The molecule has 1 aromatic carbocycles. The molecule has 20 heavy (non-hydrogen) atoms. The van der Waals surface area contributed by atoms with Gasteiger partial charge < -0.3 is 20.3 Å². The van der Waals surface area contributed by atoms with E-state index in [1.54, 1.807) is 20.8 Å². The molecule has 0 heterocycles. The van der Waals surface area contributed by atoms with Crippen LogP contribution in [0.4, 0.5) is 9.18 Å². The quantitative estimate of drug-likeness (QED) is 0.791. The van der Waals surface area contributed by atoms with E-state index in [4.69, 9.17) is 14.9 Å². The van der Waals surface area contributed by atoms with Gasteiger partial charge in [0.25, 0.3) is 0 Å². The van der Waals surface area contributed by atoms with E-state index in [1.807, 2.05) is 0 Å². The number of amides is 1. The molecule has 6 nitrogen and oxygen atoms in total. The van der Waals surface area contributed by atoms with Gasteiger partial charge in [0.05, 0.1) is 0 Å². The number of alkyl carbamates (subject to hydrolysis) is 1. The zero-order chi connectivity index (χ0) is 15.5. The maximum Gasteiger partial charge on any atom is 0.408 e. The number of carbonyl (C=O) groups excluding carboxylic acids is 1. The summed E-state index contributed by atoms with van der Waals surface area (Å²) in [6.45, 7) is 4.88. The highest BCUT2D eigenvalue weighted by molar-refractivity contribution is 5.81. The van der Waals surface area contributed by atoms with Crippen molar-refractivity contribution >= 4 is 12.1 Å². The lowest BCUT2D eigenvalue weighted by Crippen LogP contribution is -2.38. The molecular formula is C13H16FNO5. The van der Waals surface area contributed by atoms with Crippen LogP contribution in [0.5, 0.6) is 5.75 Å². The zero-order valence-corrected chi connectivity index (χ0v) is 11.3. The first-order valence-electron chi connectivity index (χ1n) is 5.81. The monoisotopic (exact) mass is 285 g/mol. The van der Waals surface area contributed by atoms with Crippen molar-refractivity contribution in [3.05, 3.63) is 29.6 Å². The Hall–Kier alpha value is -2.31. The lowest BCUT2D eigenvalue weighted by molar-refractivity contribution is -0.139. The summed E-state index contributed by atoms with van der Waals surface area (Å²) in [5.74, 6) is -2.95. The molecule has 3 N–H and O–H groups in total. The molecular weight excluding hydrogens is 269 g/mol. The first-order valence-corrected chi connectivity index (χ1v) is 5.81. The highest BCUT2D eigenvalue weighted by Crippen LogP contribution is 2.21. The van der Waals surface area contributed by atoms with Crippen LogP contribution in [0.1, 0.15) is 32.4 Å². The fourth-order valence-corrected chi connectivity index (χ4v) is 1.42. The minimum atomic E-state index is -1.47. The summed E-state index contributed by atoms with van der Waals surface area (Å²) in [7, 11) is 0. The number of hydrogen-bond acceptors (Lipinski definition) is 4. The molecule has 1 aromatic rings. The minimum Gasteiger partial charge on any atom is -0.505 e. The molecule has 0 aliphatic carbocycles. The van der Waals surface area contributed by atoms with Crippen LogP contribution < -0.4 is 5.32 Å². The smallest absolute Gasteiger partial charge is 0.408 e. The molecule has 0 saturated heterocycles. The topological polar surface area (TPSA) is 95.9 Å². The van der Waals surface area contributed by atoms with E-state index < -0.39 is 35.3 Å². The van der Waals surface area contributed by atoms with Crippen molar-refractivity contribution in [2.24, 2.45) is 0 Å². The van der Waals surface area contributed by atoms with E-state index in [0.717, 1.165) is 12.1 Å². The molecule has 0 bridgehead atoms. The summed E-state index contributed by atoms with van der Waals surface area (Å²) < 4.78 is 18.2. The Labute approximate surface area is 115 Å². The highest BCUT2D eigenvalue weighted by atomic mass is 19.1. The van der Waals surface area contributed by atoms with E-state index >= 15 is 0 Å². The number of aromatic hydroxyl groups is 1. The Morgan fingerprint density at radius 3 is 2.40 bits per heavy atom. The average molecular weight is 285 g/mol. The van der Waals surface area contributed by atoms with E-state index in [-0.39, 0.29) is 5.56 Å². The standard InChI is InChI=1S/C13H16FNO5/c1-13(2,3)20-12(19)15-10(11(17)18)7-4-5-9(16)8(14)6-7/h4-6,10,16H,1-3H3,(H,15,19)(H,17,18). The Morgan fingerprint density at radius 2 is 1.95 bits per heavy atom. The number of carboxylic acids is 1. The van der Waals surface area contributed by atoms with Gasteiger partial charge in [0.15, 0.2) is 17.6 Å². The molecule has 110 valence electrons. The highest BCUT2D eigenvalue weighted by Gasteiger charge is 2.26. The van der Waals surface area contributed by atoms with Crippen LogP contribution in [0.15, 0.2) is 18.2 Å². The fourth-order valence-electron chi connectivity index (χ4n) is 1.42. The lowest BCUT2D eigenvalue weighted by Gasteiger charge is -2.22. The minimum absolute atomic E-state index is 0.0151. The number of phenols is 1. The molecule has 0 aromatic heterocycles. The molecule has 0 aliphatic rings. The molecule has 1 rings (SSSR count). The first-order chi connectivity index (χ1) is 9.10. The Balaban J connectivity index is 2.92. The maximum atomic E-state index is 13.2. The van der Waals surface area contributed by atoms with Crippen molar-refractivity contribution in [2.75, 3.05) is 0 Å². The number of nitrogens with one attached hydrogen (secondary N) is 1.